The first-order valence-corrected chi connectivity index (χ1v) is 9.92. The molecule has 0 saturated carbocycles. The van der Waals surface area contributed by atoms with Crippen LogP contribution in [0.5, 0.6) is 5.75 Å². The van der Waals surface area contributed by atoms with E-state index in [0.29, 0.717) is 29.9 Å². The highest BCUT2D eigenvalue weighted by molar-refractivity contribution is 5.78. The van der Waals surface area contributed by atoms with Gasteiger partial charge in [-0.1, -0.05) is 12.1 Å². The second-order valence-electron chi connectivity index (χ2n) is 7.73. The van der Waals surface area contributed by atoms with Gasteiger partial charge in [0, 0.05) is 13.1 Å². The third-order valence-electron chi connectivity index (χ3n) is 5.75. The van der Waals surface area contributed by atoms with Crippen molar-refractivity contribution < 1.29 is 9.50 Å². The summed E-state index contributed by atoms with van der Waals surface area (Å²) in [6.07, 6.45) is 3.02. The molecule has 0 unspecified atom stereocenters. The van der Waals surface area contributed by atoms with Gasteiger partial charge in [-0.25, -0.2) is 9.18 Å². The lowest BCUT2D eigenvalue weighted by Gasteiger charge is -2.32. The van der Waals surface area contributed by atoms with Gasteiger partial charge in [-0.3, -0.25) is 9.36 Å². The summed E-state index contributed by atoms with van der Waals surface area (Å²) in [6.45, 7) is 2.75. The normalized spacial score (nSPS) is 15.8. The summed E-state index contributed by atoms with van der Waals surface area (Å²) in [5.74, 6) is 0.348. The van der Waals surface area contributed by atoms with Crippen molar-refractivity contribution in [3.05, 3.63) is 74.7 Å². The number of rotatable bonds is 5. The van der Waals surface area contributed by atoms with Crippen LogP contribution in [0.2, 0.25) is 0 Å². The van der Waals surface area contributed by atoms with Gasteiger partial charge in [0.05, 0.1) is 10.9 Å². The van der Waals surface area contributed by atoms with Crippen molar-refractivity contribution in [2.24, 2.45) is 5.92 Å². The zero-order valence-corrected chi connectivity index (χ0v) is 16.1. The number of hydrogen-bond donors (Lipinski definition) is 2. The second kappa shape index (κ2) is 8.21. The molecule has 1 fully saturated rings. The first-order valence-electron chi connectivity index (χ1n) is 9.92. The first kappa shape index (κ1) is 19.4. The number of benzene rings is 2. The van der Waals surface area contributed by atoms with Gasteiger partial charge in [0.25, 0.3) is 5.56 Å². The SMILES string of the molecule is O=c1[nH]c2ccc(O)cc2c(=O)n1CCN1CCC(Cc2ccc(F)cc2)CC1. The van der Waals surface area contributed by atoms with Crippen LogP contribution in [0, 0.1) is 11.7 Å². The molecule has 0 aliphatic carbocycles. The van der Waals surface area contributed by atoms with E-state index < -0.39 is 5.69 Å². The van der Waals surface area contributed by atoms with E-state index in [4.69, 9.17) is 0 Å². The lowest BCUT2D eigenvalue weighted by Crippen LogP contribution is -2.41. The summed E-state index contributed by atoms with van der Waals surface area (Å²) in [5, 5.41) is 9.93. The molecule has 0 amide bonds. The largest absolute Gasteiger partial charge is 0.508 e. The lowest BCUT2D eigenvalue weighted by atomic mass is 9.90. The number of phenolic OH excluding ortho intramolecular Hbond substituents is 1. The van der Waals surface area contributed by atoms with Gasteiger partial charge in [-0.05, 0) is 74.2 Å². The maximum atomic E-state index is 13.0. The third kappa shape index (κ3) is 4.40. The minimum atomic E-state index is -0.431. The Morgan fingerprint density at radius 3 is 2.48 bits per heavy atom. The number of aromatic hydroxyl groups is 1. The average molecular weight is 397 g/mol. The molecule has 1 aliphatic rings. The summed E-state index contributed by atoms with van der Waals surface area (Å²) >= 11 is 0. The van der Waals surface area contributed by atoms with E-state index in [-0.39, 0.29) is 17.1 Å². The predicted octanol–water partition coefficient (Wildman–Crippen LogP) is 2.49. The van der Waals surface area contributed by atoms with Gasteiger partial charge < -0.3 is 15.0 Å². The Morgan fingerprint density at radius 1 is 1.03 bits per heavy atom. The molecular formula is C22H24FN3O3. The molecule has 7 heteroatoms. The topological polar surface area (TPSA) is 78.3 Å². The summed E-state index contributed by atoms with van der Waals surface area (Å²) in [5.41, 5.74) is 0.767. The number of fused-ring (bicyclic) bond motifs is 1. The number of hydrogen-bond acceptors (Lipinski definition) is 4. The Labute approximate surface area is 167 Å². The van der Waals surface area contributed by atoms with Crippen LogP contribution in [0.1, 0.15) is 18.4 Å². The number of nitrogens with zero attached hydrogens (tertiary/aromatic N) is 2. The van der Waals surface area contributed by atoms with Gasteiger partial charge in [0.2, 0.25) is 0 Å². The molecule has 2 aromatic carbocycles. The molecule has 3 aromatic rings. The van der Waals surface area contributed by atoms with Crippen molar-refractivity contribution in [3.8, 4) is 5.75 Å². The molecule has 4 rings (SSSR count). The van der Waals surface area contributed by atoms with E-state index in [9.17, 15) is 19.1 Å². The Balaban J connectivity index is 1.36. The number of piperidine rings is 1. The third-order valence-corrected chi connectivity index (χ3v) is 5.75. The fourth-order valence-electron chi connectivity index (χ4n) is 4.05. The standard InChI is InChI=1S/C22H24FN3O3/c23-17-3-1-15(2-4-17)13-16-7-9-25(10-8-16)11-12-26-21(28)19-14-18(27)5-6-20(19)24-22(26)29/h1-6,14,16,27H,7-13H2,(H,24,29). The first-order chi connectivity index (χ1) is 14.0. The maximum Gasteiger partial charge on any atom is 0.328 e. The molecule has 1 aromatic heterocycles. The monoisotopic (exact) mass is 397 g/mol. The van der Waals surface area contributed by atoms with E-state index in [1.165, 1.54) is 34.9 Å². The molecule has 29 heavy (non-hydrogen) atoms. The molecule has 0 radical (unpaired) electrons. The van der Waals surface area contributed by atoms with Crippen LogP contribution < -0.4 is 11.2 Å². The fourth-order valence-corrected chi connectivity index (χ4v) is 4.05. The van der Waals surface area contributed by atoms with Gasteiger partial charge in [-0.15, -0.1) is 0 Å². The Morgan fingerprint density at radius 2 is 1.76 bits per heavy atom. The highest BCUT2D eigenvalue weighted by atomic mass is 19.1. The van der Waals surface area contributed by atoms with Gasteiger partial charge >= 0.3 is 5.69 Å². The minimum absolute atomic E-state index is 0.00331. The van der Waals surface area contributed by atoms with Gasteiger partial charge in [0.15, 0.2) is 0 Å². The van der Waals surface area contributed by atoms with E-state index in [2.05, 4.69) is 9.88 Å². The molecule has 6 nitrogen and oxygen atoms in total. The van der Waals surface area contributed by atoms with E-state index >= 15 is 0 Å². The van der Waals surface area contributed by atoms with Crippen molar-refractivity contribution in [2.75, 3.05) is 19.6 Å². The fraction of sp³-hybridized carbons (Fsp3) is 0.364. The second-order valence-corrected chi connectivity index (χ2v) is 7.73. The van der Waals surface area contributed by atoms with E-state index in [1.807, 2.05) is 12.1 Å². The predicted molar refractivity (Wildman–Crippen MR) is 110 cm³/mol. The average Bonchev–Trinajstić information content (AvgIpc) is 2.71. The van der Waals surface area contributed by atoms with Crippen LogP contribution in [-0.4, -0.2) is 39.2 Å². The highest BCUT2D eigenvalue weighted by Crippen LogP contribution is 2.22. The number of aromatic nitrogens is 2. The number of likely N-dealkylation sites (tertiary alicyclic amines) is 1. The lowest BCUT2D eigenvalue weighted by molar-refractivity contribution is 0.177. The number of nitrogens with one attached hydrogen (secondary N) is 1. The number of aromatic amines is 1. The van der Waals surface area contributed by atoms with Gasteiger partial charge in [0.1, 0.15) is 11.6 Å². The van der Waals surface area contributed by atoms with Crippen molar-refractivity contribution >= 4 is 10.9 Å². The van der Waals surface area contributed by atoms with Crippen LogP contribution in [0.4, 0.5) is 4.39 Å². The highest BCUT2D eigenvalue weighted by Gasteiger charge is 2.20. The number of phenols is 1. The molecule has 0 spiro atoms. The summed E-state index contributed by atoms with van der Waals surface area (Å²) in [7, 11) is 0. The van der Waals surface area contributed by atoms with Gasteiger partial charge in [-0.2, -0.15) is 0 Å². The Bertz CT molecular complexity index is 1110. The van der Waals surface area contributed by atoms with Crippen LogP contribution in [-0.2, 0) is 13.0 Å². The van der Waals surface area contributed by atoms with Crippen molar-refractivity contribution in [1.82, 2.24) is 14.5 Å². The summed E-state index contributed by atoms with van der Waals surface area (Å²) in [4.78, 5) is 29.9. The minimum Gasteiger partial charge on any atom is -0.508 e. The molecule has 152 valence electrons. The smallest absolute Gasteiger partial charge is 0.328 e. The zero-order valence-electron chi connectivity index (χ0n) is 16.1. The molecule has 0 bridgehead atoms. The zero-order chi connectivity index (χ0) is 20.4. The van der Waals surface area contributed by atoms with Crippen LogP contribution >= 0.6 is 0 Å². The molecule has 1 saturated heterocycles. The molecule has 2 N–H and O–H groups in total. The van der Waals surface area contributed by atoms with Crippen LogP contribution in [0.15, 0.2) is 52.1 Å². The quantitative estimate of drug-likeness (QED) is 0.693. The number of halogens is 1. The molecule has 0 atom stereocenters. The van der Waals surface area contributed by atoms with E-state index in [0.717, 1.165) is 37.9 Å². The van der Waals surface area contributed by atoms with Crippen molar-refractivity contribution in [1.29, 1.82) is 0 Å². The Hall–Kier alpha value is -2.93. The van der Waals surface area contributed by atoms with E-state index in [1.54, 1.807) is 0 Å². The summed E-state index contributed by atoms with van der Waals surface area (Å²) < 4.78 is 14.2. The number of H-pyrrole nitrogens is 1. The van der Waals surface area contributed by atoms with Crippen LogP contribution in [0.25, 0.3) is 10.9 Å². The molecule has 2 heterocycles. The maximum absolute atomic E-state index is 13.0. The van der Waals surface area contributed by atoms with Crippen LogP contribution in [0.3, 0.4) is 0 Å². The Kier molecular flexibility index (Phi) is 5.49. The molecule has 1 aliphatic heterocycles. The van der Waals surface area contributed by atoms with Crippen molar-refractivity contribution in [2.45, 2.75) is 25.8 Å². The molecular weight excluding hydrogens is 373 g/mol. The summed E-state index contributed by atoms with van der Waals surface area (Å²) in [6, 6.07) is 11.1. The van der Waals surface area contributed by atoms with Crippen molar-refractivity contribution in [3.63, 3.8) is 0 Å².